The first-order chi connectivity index (χ1) is 7.45. The Morgan fingerprint density at radius 2 is 1.75 bits per heavy atom. The summed E-state index contributed by atoms with van der Waals surface area (Å²) in [5.41, 5.74) is -0.113. The van der Waals surface area contributed by atoms with Crippen LogP contribution in [0.25, 0.3) is 0 Å². The van der Waals surface area contributed by atoms with Gasteiger partial charge in [0, 0.05) is 18.5 Å². The molecule has 3 nitrogen and oxygen atoms in total. The molecular weight excluding hydrogens is 200 g/mol. The summed E-state index contributed by atoms with van der Waals surface area (Å²) in [5.74, 6) is 0.133. The maximum absolute atomic E-state index is 11.4. The van der Waals surface area contributed by atoms with E-state index in [1.807, 2.05) is 20.8 Å². The van der Waals surface area contributed by atoms with E-state index in [2.05, 4.69) is 17.6 Å². The predicted molar refractivity (Wildman–Crippen MR) is 69.5 cm³/mol. The van der Waals surface area contributed by atoms with Gasteiger partial charge in [0.2, 0.25) is 5.91 Å². The van der Waals surface area contributed by atoms with Crippen LogP contribution in [0.5, 0.6) is 0 Å². The van der Waals surface area contributed by atoms with Crippen LogP contribution in [0.2, 0.25) is 0 Å². The van der Waals surface area contributed by atoms with Crippen LogP contribution in [-0.4, -0.2) is 24.5 Å². The molecule has 1 amide bonds. The molecule has 0 rings (SSSR count). The summed E-state index contributed by atoms with van der Waals surface area (Å²) >= 11 is 0. The van der Waals surface area contributed by atoms with Crippen LogP contribution in [0.1, 0.15) is 59.8 Å². The van der Waals surface area contributed by atoms with Gasteiger partial charge in [0.25, 0.3) is 0 Å². The highest BCUT2D eigenvalue weighted by Crippen LogP contribution is 1.99. The fourth-order valence-corrected chi connectivity index (χ4v) is 1.48. The molecule has 0 atom stereocenters. The molecule has 0 aliphatic carbocycles. The maximum Gasteiger partial charge on any atom is 0.221 e. The van der Waals surface area contributed by atoms with Crippen molar-refractivity contribution in [1.29, 1.82) is 0 Å². The van der Waals surface area contributed by atoms with Gasteiger partial charge in [0.1, 0.15) is 0 Å². The molecule has 96 valence electrons. The number of hydrogen-bond donors (Lipinski definition) is 2. The van der Waals surface area contributed by atoms with Gasteiger partial charge in [-0.15, -0.1) is 0 Å². The smallest absolute Gasteiger partial charge is 0.221 e. The quantitative estimate of drug-likeness (QED) is 0.627. The van der Waals surface area contributed by atoms with Crippen molar-refractivity contribution >= 4 is 5.91 Å². The maximum atomic E-state index is 11.4. The molecule has 0 saturated carbocycles. The van der Waals surface area contributed by atoms with Crippen LogP contribution in [0.3, 0.4) is 0 Å². The molecular formula is C13H28N2O. The van der Waals surface area contributed by atoms with Gasteiger partial charge >= 0.3 is 0 Å². The average Bonchev–Trinajstić information content (AvgIpc) is 2.13. The lowest BCUT2D eigenvalue weighted by atomic mass is 10.1. The molecule has 0 fully saturated rings. The van der Waals surface area contributed by atoms with E-state index in [0.717, 1.165) is 13.1 Å². The first-order valence-corrected chi connectivity index (χ1v) is 6.47. The third-order valence-corrected chi connectivity index (χ3v) is 2.25. The van der Waals surface area contributed by atoms with Crippen LogP contribution in [-0.2, 0) is 4.79 Å². The van der Waals surface area contributed by atoms with E-state index in [0.29, 0.717) is 6.42 Å². The molecule has 0 aliphatic heterocycles. The number of unbranched alkanes of at least 4 members (excludes halogenated alkanes) is 3. The van der Waals surface area contributed by atoms with Gasteiger partial charge in [0.05, 0.1) is 0 Å². The lowest BCUT2D eigenvalue weighted by Crippen LogP contribution is -2.41. The molecule has 3 heteroatoms. The summed E-state index contributed by atoms with van der Waals surface area (Å²) in [7, 11) is 0. The molecule has 0 aliphatic rings. The van der Waals surface area contributed by atoms with E-state index in [-0.39, 0.29) is 11.4 Å². The summed E-state index contributed by atoms with van der Waals surface area (Å²) in [6.07, 6.45) is 5.66. The van der Waals surface area contributed by atoms with E-state index in [9.17, 15) is 4.79 Å². The largest absolute Gasteiger partial charge is 0.351 e. The molecule has 0 unspecified atom stereocenters. The van der Waals surface area contributed by atoms with Crippen molar-refractivity contribution in [1.82, 2.24) is 10.6 Å². The van der Waals surface area contributed by atoms with E-state index >= 15 is 0 Å². The van der Waals surface area contributed by atoms with Crippen LogP contribution < -0.4 is 10.6 Å². The standard InChI is InChI=1S/C13H28N2O/c1-5-6-7-8-10-14-11-9-12(16)15-13(2,3)4/h14H,5-11H2,1-4H3,(H,15,16). The summed E-state index contributed by atoms with van der Waals surface area (Å²) in [4.78, 5) is 11.4. The third kappa shape index (κ3) is 11.5. The molecule has 0 saturated heterocycles. The van der Waals surface area contributed by atoms with Crippen molar-refractivity contribution in [2.75, 3.05) is 13.1 Å². The van der Waals surface area contributed by atoms with E-state index < -0.39 is 0 Å². The van der Waals surface area contributed by atoms with E-state index in [4.69, 9.17) is 0 Å². The Hall–Kier alpha value is -0.570. The zero-order chi connectivity index (χ0) is 12.4. The molecule has 0 spiro atoms. The molecule has 16 heavy (non-hydrogen) atoms. The average molecular weight is 228 g/mol. The van der Waals surface area contributed by atoms with Gasteiger partial charge in [-0.25, -0.2) is 0 Å². The Morgan fingerprint density at radius 1 is 1.06 bits per heavy atom. The van der Waals surface area contributed by atoms with Gasteiger partial charge in [-0.1, -0.05) is 26.2 Å². The predicted octanol–water partition coefficient (Wildman–Crippen LogP) is 2.46. The fourth-order valence-electron chi connectivity index (χ4n) is 1.48. The number of hydrogen-bond acceptors (Lipinski definition) is 2. The second kappa shape index (κ2) is 8.57. The van der Waals surface area contributed by atoms with Crippen molar-refractivity contribution in [2.45, 2.75) is 65.3 Å². The van der Waals surface area contributed by atoms with Crippen LogP contribution in [0.15, 0.2) is 0 Å². The van der Waals surface area contributed by atoms with Crippen molar-refractivity contribution in [3.8, 4) is 0 Å². The van der Waals surface area contributed by atoms with Gasteiger partial charge in [-0.2, -0.15) is 0 Å². The topological polar surface area (TPSA) is 41.1 Å². The highest BCUT2D eigenvalue weighted by atomic mass is 16.1. The van der Waals surface area contributed by atoms with Gasteiger partial charge in [-0.3, -0.25) is 4.79 Å². The Bertz CT molecular complexity index is 185. The minimum atomic E-state index is -0.113. The SMILES string of the molecule is CCCCCCNCCC(=O)NC(C)(C)C. The number of rotatable bonds is 8. The van der Waals surface area contributed by atoms with Crippen molar-refractivity contribution in [3.63, 3.8) is 0 Å². The molecule has 0 aromatic rings. The lowest BCUT2D eigenvalue weighted by Gasteiger charge is -2.20. The normalized spacial score (nSPS) is 11.5. The van der Waals surface area contributed by atoms with Crippen molar-refractivity contribution in [3.05, 3.63) is 0 Å². The van der Waals surface area contributed by atoms with Gasteiger partial charge < -0.3 is 10.6 Å². The van der Waals surface area contributed by atoms with Crippen LogP contribution in [0.4, 0.5) is 0 Å². The molecule has 0 aromatic heterocycles. The van der Waals surface area contributed by atoms with Gasteiger partial charge in [-0.05, 0) is 33.7 Å². The monoisotopic (exact) mass is 228 g/mol. The Kier molecular flexibility index (Phi) is 8.26. The molecule has 2 N–H and O–H groups in total. The Labute approximate surface area is 100 Å². The molecule has 0 heterocycles. The fraction of sp³-hybridized carbons (Fsp3) is 0.923. The second-order valence-electron chi connectivity index (χ2n) is 5.36. The number of nitrogens with one attached hydrogen (secondary N) is 2. The van der Waals surface area contributed by atoms with E-state index in [1.54, 1.807) is 0 Å². The summed E-state index contributed by atoms with van der Waals surface area (Å²) in [6.45, 7) is 10.0. The summed E-state index contributed by atoms with van der Waals surface area (Å²) < 4.78 is 0. The second-order valence-corrected chi connectivity index (χ2v) is 5.36. The zero-order valence-corrected chi connectivity index (χ0v) is 11.4. The minimum absolute atomic E-state index is 0.113. The number of carbonyl (C=O) groups is 1. The Balaban J connectivity index is 3.28. The van der Waals surface area contributed by atoms with Crippen molar-refractivity contribution in [2.24, 2.45) is 0 Å². The van der Waals surface area contributed by atoms with Gasteiger partial charge in [0.15, 0.2) is 0 Å². The highest BCUT2D eigenvalue weighted by Gasteiger charge is 2.12. The van der Waals surface area contributed by atoms with Crippen LogP contribution in [0, 0.1) is 0 Å². The molecule has 0 aromatic carbocycles. The first kappa shape index (κ1) is 15.4. The van der Waals surface area contributed by atoms with E-state index in [1.165, 1.54) is 25.7 Å². The lowest BCUT2D eigenvalue weighted by molar-refractivity contribution is -0.122. The van der Waals surface area contributed by atoms with Crippen molar-refractivity contribution < 1.29 is 4.79 Å². The Morgan fingerprint density at radius 3 is 2.31 bits per heavy atom. The minimum Gasteiger partial charge on any atom is -0.351 e. The zero-order valence-electron chi connectivity index (χ0n) is 11.4. The molecule has 0 radical (unpaired) electrons. The van der Waals surface area contributed by atoms with Crippen LogP contribution >= 0.6 is 0 Å². The first-order valence-electron chi connectivity index (χ1n) is 6.47. The summed E-state index contributed by atoms with van der Waals surface area (Å²) in [5, 5.41) is 6.25. The molecule has 0 bridgehead atoms. The number of carbonyl (C=O) groups excluding carboxylic acids is 1. The highest BCUT2D eigenvalue weighted by molar-refractivity contribution is 5.76. The third-order valence-electron chi connectivity index (χ3n) is 2.25. The number of amides is 1. The summed E-state index contributed by atoms with van der Waals surface area (Å²) in [6, 6.07) is 0.